The third-order valence-electron chi connectivity index (χ3n) is 2.75. The maximum Gasteiger partial charge on any atom is 0.416 e. The van der Waals surface area contributed by atoms with Gasteiger partial charge in [-0.3, -0.25) is 9.59 Å². The molecule has 6 nitrogen and oxygen atoms in total. The predicted octanol–water partition coefficient (Wildman–Crippen LogP) is 2.15. The highest BCUT2D eigenvalue weighted by atomic mass is 19.4. The molecular weight excluding hydrogens is 333 g/mol. The molecular formula is C15H15F3O6. The Morgan fingerprint density at radius 3 is 2.21 bits per heavy atom. The van der Waals surface area contributed by atoms with E-state index in [1.165, 1.54) is 6.92 Å². The Hall–Kier alpha value is -2.58. The van der Waals surface area contributed by atoms with Crippen molar-refractivity contribution >= 4 is 17.7 Å². The molecule has 9 heteroatoms. The molecule has 0 saturated carbocycles. The van der Waals surface area contributed by atoms with Gasteiger partial charge in [-0.15, -0.1) is 0 Å². The van der Waals surface area contributed by atoms with E-state index < -0.39 is 42.2 Å². The number of alkyl halides is 3. The maximum absolute atomic E-state index is 12.4. The summed E-state index contributed by atoms with van der Waals surface area (Å²) in [6.07, 6.45) is -5.40. The zero-order chi connectivity index (χ0) is 18.3. The molecule has 0 amide bonds. The van der Waals surface area contributed by atoms with Crippen LogP contribution in [0.15, 0.2) is 24.3 Å². The van der Waals surface area contributed by atoms with Gasteiger partial charge in [-0.1, -0.05) is 0 Å². The number of carbonyl (C=O) groups excluding carboxylic acids is 3. The third kappa shape index (κ3) is 6.27. The van der Waals surface area contributed by atoms with Gasteiger partial charge in [0, 0.05) is 0 Å². The summed E-state index contributed by atoms with van der Waals surface area (Å²) in [4.78, 5) is 33.4. The monoisotopic (exact) mass is 348 g/mol. The van der Waals surface area contributed by atoms with Gasteiger partial charge in [-0.25, -0.2) is 4.79 Å². The van der Waals surface area contributed by atoms with Gasteiger partial charge in [0.2, 0.25) is 0 Å². The Bertz CT molecular complexity index is 594. The quantitative estimate of drug-likeness (QED) is 0.555. The third-order valence-corrected chi connectivity index (χ3v) is 2.75. The average molecular weight is 348 g/mol. The van der Waals surface area contributed by atoms with Crippen molar-refractivity contribution in [3.05, 3.63) is 29.8 Å². The largest absolute Gasteiger partial charge is 0.490 e. The highest BCUT2D eigenvalue weighted by Gasteiger charge is 2.30. The summed E-state index contributed by atoms with van der Waals surface area (Å²) in [6.45, 7) is 0.750. The predicted molar refractivity (Wildman–Crippen MR) is 74.1 cm³/mol. The van der Waals surface area contributed by atoms with Crippen LogP contribution in [0.5, 0.6) is 5.75 Å². The molecule has 1 atom stereocenters. The van der Waals surface area contributed by atoms with Crippen molar-refractivity contribution in [2.45, 2.75) is 25.6 Å². The summed E-state index contributed by atoms with van der Waals surface area (Å²) < 4.78 is 51.3. The molecule has 0 aromatic heterocycles. The summed E-state index contributed by atoms with van der Waals surface area (Å²) in [5.74, 6) is -2.79. The number of rotatable bonds is 7. The molecule has 24 heavy (non-hydrogen) atoms. The highest BCUT2D eigenvalue weighted by molar-refractivity contribution is 6.34. The van der Waals surface area contributed by atoms with Gasteiger partial charge in [0.05, 0.1) is 19.1 Å². The fourth-order valence-corrected chi connectivity index (χ4v) is 1.61. The molecule has 0 radical (unpaired) electrons. The minimum atomic E-state index is -4.44. The van der Waals surface area contributed by atoms with E-state index in [2.05, 4.69) is 9.47 Å². The summed E-state index contributed by atoms with van der Waals surface area (Å²) in [6, 6.07) is 3.97. The van der Waals surface area contributed by atoms with E-state index in [-0.39, 0.29) is 12.2 Å². The lowest BCUT2D eigenvalue weighted by atomic mass is 10.2. The number of hydrogen-bond donors (Lipinski definition) is 0. The smallest absolute Gasteiger partial charge is 0.416 e. The molecule has 0 bridgehead atoms. The fourth-order valence-electron chi connectivity index (χ4n) is 1.61. The van der Waals surface area contributed by atoms with Crippen molar-refractivity contribution < 1.29 is 41.8 Å². The zero-order valence-electron chi connectivity index (χ0n) is 12.9. The molecule has 132 valence electrons. The van der Waals surface area contributed by atoms with Crippen molar-refractivity contribution in [1.82, 2.24) is 0 Å². The van der Waals surface area contributed by atoms with Crippen LogP contribution in [-0.4, -0.2) is 37.5 Å². The van der Waals surface area contributed by atoms with Crippen LogP contribution in [0.3, 0.4) is 0 Å². The molecule has 0 heterocycles. The lowest BCUT2D eigenvalue weighted by Crippen LogP contribution is -2.25. The van der Waals surface area contributed by atoms with Crippen molar-refractivity contribution in [3.8, 4) is 5.75 Å². The molecule has 0 spiro atoms. The average Bonchev–Trinajstić information content (AvgIpc) is 2.51. The number of ether oxygens (including phenoxy) is 3. The van der Waals surface area contributed by atoms with Gasteiger partial charge in [-0.05, 0) is 31.2 Å². The molecule has 0 N–H and O–H groups in total. The fraction of sp³-hybridized carbons (Fsp3) is 0.400. The van der Waals surface area contributed by atoms with E-state index in [0.717, 1.165) is 31.4 Å². The second-order valence-electron chi connectivity index (χ2n) is 4.73. The van der Waals surface area contributed by atoms with E-state index in [0.29, 0.717) is 0 Å². The zero-order valence-corrected chi connectivity index (χ0v) is 12.9. The van der Waals surface area contributed by atoms with Crippen LogP contribution in [-0.2, 0) is 30.0 Å². The SMILES string of the molecule is COC(=O)C(=O)COC(=O)CC(C)Oc1ccc(C(F)(F)F)cc1. The normalized spacial score (nSPS) is 12.2. The van der Waals surface area contributed by atoms with Crippen LogP contribution in [0.1, 0.15) is 18.9 Å². The summed E-state index contributed by atoms with van der Waals surface area (Å²) >= 11 is 0. The van der Waals surface area contributed by atoms with Crippen LogP contribution in [0.4, 0.5) is 13.2 Å². The van der Waals surface area contributed by atoms with Gasteiger partial charge in [0.1, 0.15) is 11.9 Å². The number of Topliss-reactive ketones (excluding diaryl/α,β-unsaturated/α-hetero) is 1. The topological polar surface area (TPSA) is 78.9 Å². The van der Waals surface area contributed by atoms with E-state index in [9.17, 15) is 27.6 Å². The number of halogens is 3. The van der Waals surface area contributed by atoms with Gasteiger partial charge in [0.15, 0.2) is 6.61 Å². The molecule has 1 unspecified atom stereocenters. The van der Waals surface area contributed by atoms with Crippen LogP contribution in [0.25, 0.3) is 0 Å². The molecule has 0 aliphatic heterocycles. The Balaban J connectivity index is 2.45. The first-order valence-corrected chi connectivity index (χ1v) is 6.74. The lowest BCUT2D eigenvalue weighted by Gasteiger charge is -2.14. The van der Waals surface area contributed by atoms with Gasteiger partial charge < -0.3 is 14.2 Å². The second kappa shape index (κ2) is 8.32. The Labute approximate surface area is 135 Å². The summed E-state index contributed by atoms with van der Waals surface area (Å²) in [7, 11) is 1.02. The lowest BCUT2D eigenvalue weighted by molar-refractivity contribution is -0.158. The number of ketones is 1. The van der Waals surface area contributed by atoms with Gasteiger partial charge >= 0.3 is 18.1 Å². The number of esters is 2. The van der Waals surface area contributed by atoms with Crippen LogP contribution < -0.4 is 4.74 Å². The van der Waals surface area contributed by atoms with Crippen molar-refractivity contribution in [2.24, 2.45) is 0 Å². The van der Waals surface area contributed by atoms with Crippen LogP contribution in [0.2, 0.25) is 0 Å². The number of methoxy groups -OCH3 is 1. The Morgan fingerprint density at radius 2 is 1.71 bits per heavy atom. The minimum absolute atomic E-state index is 0.147. The molecule has 1 rings (SSSR count). The summed E-state index contributed by atoms with van der Waals surface area (Å²) in [5, 5.41) is 0. The number of benzene rings is 1. The second-order valence-corrected chi connectivity index (χ2v) is 4.73. The first-order chi connectivity index (χ1) is 11.1. The van der Waals surface area contributed by atoms with E-state index in [1.54, 1.807) is 0 Å². The number of carbonyl (C=O) groups is 3. The molecule has 0 aliphatic carbocycles. The maximum atomic E-state index is 12.4. The summed E-state index contributed by atoms with van der Waals surface area (Å²) in [5.41, 5.74) is -0.816. The molecule has 0 fully saturated rings. The minimum Gasteiger partial charge on any atom is -0.490 e. The Kier molecular flexibility index (Phi) is 6.75. The van der Waals surface area contributed by atoms with Crippen LogP contribution >= 0.6 is 0 Å². The molecule has 1 aromatic carbocycles. The van der Waals surface area contributed by atoms with E-state index in [4.69, 9.17) is 4.74 Å². The molecule has 1 aromatic rings. The first kappa shape index (κ1) is 19.5. The van der Waals surface area contributed by atoms with E-state index >= 15 is 0 Å². The first-order valence-electron chi connectivity index (χ1n) is 6.74. The van der Waals surface area contributed by atoms with Crippen molar-refractivity contribution in [3.63, 3.8) is 0 Å². The standard InChI is InChI=1S/C15H15F3O6/c1-9(7-13(20)23-8-12(19)14(21)22-2)24-11-5-3-10(4-6-11)15(16,17)18/h3-6,9H,7-8H2,1-2H3. The van der Waals surface area contributed by atoms with Crippen molar-refractivity contribution in [2.75, 3.05) is 13.7 Å². The van der Waals surface area contributed by atoms with Gasteiger partial charge in [0.25, 0.3) is 5.78 Å². The highest BCUT2D eigenvalue weighted by Crippen LogP contribution is 2.30. The molecule has 0 aliphatic rings. The number of hydrogen-bond acceptors (Lipinski definition) is 6. The van der Waals surface area contributed by atoms with E-state index in [1.807, 2.05) is 0 Å². The molecule has 0 saturated heterocycles. The van der Waals surface area contributed by atoms with Crippen LogP contribution in [0, 0.1) is 0 Å². The van der Waals surface area contributed by atoms with Crippen molar-refractivity contribution in [1.29, 1.82) is 0 Å². The van der Waals surface area contributed by atoms with Gasteiger partial charge in [-0.2, -0.15) is 13.2 Å². The Morgan fingerprint density at radius 1 is 1.12 bits per heavy atom.